The Kier molecular flexibility index (Phi) is 12.1. The second-order valence-corrected chi connectivity index (χ2v) is 1.53. The molecule has 0 amide bonds. The van der Waals surface area contributed by atoms with E-state index in [9.17, 15) is 19.8 Å². The number of carboxylic acid groups (broad SMARTS) is 2. The quantitative estimate of drug-likeness (QED) is 0.346. The number of aliphatic hydroxyl groups excluding tert-OH is 2. The number of hydrogen-bond acceptors (Lipinski definition) is 6. The SMILES string of the molecule is O=C([O-])C(O)C(O)C(=O)[O-].[Au+].[Au+]. The number of rotatable bonds is 3. The molecule has 8 heteroatoms. The first-order chi connectivity index (χ1) is 4.46. The Morgan fingerprint density at radius 2 is 1.08 bits per heavy atom. The molecule has 0 heterocycles. The van der Waals surface area contributed by atoms with Crippen LogP contribution in [0.25, 0.3) is 0 Å². The van der Waals surface area contributed by atoms with Crippen LogP contribution < -0.4 is 10.2 Å². The maximum absolute atomic E-state index is 9.63. The van der Waals surface area contributed by atoms with E-state index in [0.717, 1.165) is 0 Å². The van der Waals surface area contributed by atoms with Gasteiger partial charge in [0.15, 0.2) is 0 Å². The number of carbonyl (C=O) groups is 2. The fourth-order valence-corrected chi connectivity index (χ4v) is 0.258. The van der Waals surface area contributed by atoms with E-state index >= 15 is 0 Å². The van der Waals surface area contributed by atoms with Gasteiger partial charge in [0.25, 0.3) is 0 Å². The van der Waals surface area contributed by atoms with Gasteiger partial charge in [0, 0.05) is 0 Å². The van der Waals surface area contributed by atoms with Gasteiger partial charge in [-0.25, -0.2) is 0 Å². The summed E-state index contributed by atoms with van der Waals surface area (Å²) in [4.78, 5) is 19.3. The van der Waals surface area contributed by atoms with Crippen molar-refractivity contribution in [3.63, 3.8) is 0 Å². The van der Waals surface area contributed by atoms with Crippen LogP contribution in [0.15, 0.2) is 0 Å². The molecule has 0 fully saturated rings. The molecule has 0 aromatic rings. The topological polar surface area (TPSA) is 121 Å². The number of carbonyl (C=O) groups excluding carboxylic acids is 2. The predicted molar refractivity (Wildman–Crippen MR) is 22.0 cm³/mol. The number of hydrogen-bond donors (Lipinski definition) is 2. The van der Waals surface area contributed by atoms with E-state index < -0.39 is 24.1 Å². The van der Waals surface area contributed by atoms with E-state index in [1.807, 2.05) is 0 Å². The summed E-state index contributed by atoms with van der Waals surface area (Å²) in [6.45, 7) is 0. The zero-order valence-electron chi connectivity index (χ0n) is 5.29. The summed E-state index contributed by atoms with van der Waals surface area (Å²) in [6.07, 6.45) is -4.88. The van der Waals surface area contributed by atoms with Crippen LogP contribution in [0, 0.1) is 0 Å². The van der Waals surface area contributed by atoms with Gasteiger partial charge in [-0.2, -0.15) is 0 Å². The molecule has 2 atom stereocenters. The molecule has 0 aromatic heterocycles. The van der Waals surface area contributed by atoms with Crippen LogP contribution in [0.4, 0.5) is 0 Å². The van der Waals surface area contributed by atoms with Crippen LogP contribution in [-0.2, 0) is 54.3 Å². The largest absolute Gasteiger partial charge is 1.00 e. The van der Waals surface area contributed by atoms with Gasteiger partial charge in [0.1, 0.15) is 12.2 Å². The molecule has 0 bridgehead atoms. The molecule has 78 valence electrons. The second-order valence-electron chi connectivity index (χ2n) is 1.53. The maximum atomic E-state index is 9.63. The summed E-state index contributed by atoms with van der Waals surface area (Å²) in [5.74, 6) is -4.12. The molecule has 0 radical (unpaired) electrons. The van der Waals surface area contributed by atoms with Crippen molar-refractivity contribution in [3.8, 4) is 0 Å². The zero-order chi connectivity index (χ0) is 8.31. The Balaban J connectivity index is -0.000000405. The minimum absolute atomic E-state index is 0. The summed E-state index contributed by atoms with van der Waals surface area (Å²) in [5, 5.41) is 35.7. The van der Waals surface area contributed by atoms with E-state index in [1.54, 1.807) is 0 Å². The molecule has 0 aliphatic heterocycles. The third-order valence-electron chi connectivity index (χ3n) is 0.782. The summed E-state index contributed by atoms with van der Waals surface area (Å²) >= 11 is 0. The van der Waals surface area contributed by atoms with Gasteiger partial charge in [0.05, 0.1) is 11.9 Å². The van der Waals surface area contributed by atoms with Crippen molar-refractivity contribution in [2.45, 2.75) is 12.2 Å². The Labute approximate surface area is 98.6 Å². The maximum Gasteiger partial charge on any atom is 1.00 e. The Bertz CT molecular complexity index is 142. The molecule has 0 saturated heterocycles. The second kappa shape index (κ2) is 7.96. The normalized spacial score (nSPS) is 13.2. The Hall–Kier alpha value is 0.341. The average molecular weight is 542 g/mol. The van der Waals surface area contributed by atoms with Gasteiger partial charge >= 0.3 is 44.8 Å². The molecular formula is C4H4Au2O6. The molecule has 2 unspecified atom stereocenters. The van der Waals surface area contributed by atoms with Crippen LogP contribution in [0.3, 0.4) is 0 Å². The fraction of sp³-hybridized carbons (Fsp3) is 0.500. The van der Waals surface area contributed by atoms with Crippen LogP contribution in [0.5, 0.6) is 0 Å². The molecular weight excluding hydrogens is 538 g/mol. The minimum Gasteiger partial charge on any atom is -0.547 e. The molecule has 0 rings (SSSR count). The van der Waals surface area contributed by atoms with Crippen LogP contribution in [0.1, 0.15) is 0 Å². The van der Waals surface area contributed by atoms with E-state index in [4.69, 9.17) is 10.2 Å². The van der Waals surface area contributed by atoms with Crippen molar-refractivity contribution in [3.05, 3.63) is 0 Å². The van der Waals surface area contributed by atoms with Crippen LogP contribution in [-0.4, -0.2) is 34.4 Å². The first-order valence-corrected chi connectivity index (χ1v) is 2.24. The molecule has 12 heavy (non-hydrogen) atoms. The zero-order valence-corrected chi connectivity index (χ0v) is 9.62. The van der Waals surface area contributed by atoms with Gasteiger partial charge in [-0.05, 0) is 0 Å². The third-order valence-corrected chi connectivity index (χ3v) is 0.782. The van der Waals surface area contributed by atoms with E-state index in [-0.39, 0.29) is 44.8 Å². The Morgan fingerprint density at radius 1 is 0.917 bits per heavy atom. The van der Waals surface area contributed by atoms with E-state index in [2.05, 4.69) is 0 Å². The van der Waals surface area contributed by atoms with Crippen molar-refractivity contribution in [2.24, 2.45) is 0 Å². The number of aliphatic hydroxyl groups is 2. The van der Waals surface area contributed by atoms with Gasteiger partial charge < -0.3 is 30.0 Å². The Morgan fingerprint density at radius 3 is 1.17 bits per heavy atom. The van der Waals surface area contributed by atoms with Crippen molar-refractivity contribution >= 4 is 11.9 Å². The van der Waals surface area contributed by atoms with Crippen molar-refractivity contribution in [2.75, 3.05) is 0 Å². The van der Waals surface area contributed by atoms with Crippen molar-refractivity contribution in [1.82, 2.24) is 0 Å². The molecule has 6 nitrogen and oxygen atoms in total. The van der Waals surface area contributed by atoms with Crippen LogP contribution in [0.2, 0.25) is 0 Å². The fourth-order valence-electron chi connectivity index (χ4n) is 0.258. The molecule has 2 N–H and O–H groups in total. The van der Waals surface area contributed by atoms with Crippen molar-refractivity contribution < 1.29 is 74.8 Å². The first-order valence-electron chi connectivity index (χ1n) is 2.24. The minimum atomic E-state index is -2.44. The molecule has 0 spiro atoms. The van der Waals surface area contributed by atoms with E-state index in [1.165, 1.54) is 0 Å². The summed E-state index contributed by atoms with van der Waals surface area (Å²) in [5.41, 5.74) is 0. The smallest absolute Gasteiger partial charge is 0.547 e. The molecule has 0 saturated carbocycles. The number of aliphatic carboxylic acids is 2. The third kappa shape index (κ3) is 5.92. The average Bonchev–Trinajstić information content (AvgIpc) is 1.84. The van der Waals surface area contributed by atoms with Crippen LogP contribution >= 0.6 is 0 Å². The standard InChI is InChI=1S/C4H6O6.2Au/c5-1(3(7)8)2(6)4(9)10;;/h1-2,5-6H,(H,7,8)(H,9,10);;/q;2*+1/p-2. The van der Waals surface area contributed by atoms with Crippen molar-refractivity contribution in [1.29, 1.82) is 0 Å². The monoisotopic (exact) mass is 542 g/mol. The summed E-state index contributed by atoms with van der Waals surface area (Å²) in [6, 6.07) is 0. The summed E-state index contributed by atoms with van der Waals surface area (Å²) in [7, 11) is 0. The van der Waals surface area contributed by atoms with Gasteiger partial charge in [-0.15, -0.1) is 0 Å². The molecule has 0 aliphatic rings. The van der Waals surface area contributed by atoms with Gasteiger partial charge in [-0.1, -0.05) is 0 Å². The van der Waals surface area contributed by atoms with Gasteiger partial charge in [-0.3, -0.25) is 0 Å². The molecule has 0 aliphatic carbocycles. The first kappa shape index (κ1) is 18.2. The van der Waals surface area contributed by atoms with E-state index in [0.29, 0.717) is 0 Å². The summed E-state index contributed by atoms with van der Waals surface area (Å²) < 4.78 is 0. The number of carboxylic acids is 2. The molecule has 0 aromatic carbocycles. The predicted octanol–water partition coefficient (Wildman–Crippen LogP) is -4.80. The van der Waals surface area contributed by atoms with Gasteiger partial charge in [0.2, 0.25) is 0 Å².